The molecule has 1 heterocycles. The SMILES string of the molecule is CC(=O)CCC(C#N)C(=O)c1ccccn1. The monoisotopic (exact) mass is 216 g/mol. The minimum absolute atomic E-state index is 0.0194. The number of aromatic nitrogens is 1. The predicted molar refractivity (Wildman–Crippen MR) is 57.6 cm³/mol. The van der Waals surface area contributed by atoms with Gasteiger partial charge in [0.2, 0.25) is 0 Å². The third-order valence-corrected chi connectivity index (χ3v) is 2.17. The molecule has 16 heavy (non-hydrogen) atoms. The number of nitriles is 1. The Labute approximate surface area is 93.9 Å². The minimum Gasteiger partial charge on any atom is -0.300 e. The summed E-state index contributed by atoms with van der Waals surface area (Å²) in [5.41, 5.74) is 0.276. The third kappa shape index (κ3) is 3.28. The number of ketones is 2. The van der Waals surface area contributed by atoms with Crippen LogP contribution in [0, 0.1) is 17.2 Å². The summed E-state index contributed by atoms with van der Waals surface area (Å²) in [6.45, 7) is 1.44. The Bertz CT molecular complexity index is 420. The molecule has 0 fully saturated rings. The molecule has 82 valence electrons. The van der Waals surface area contributed by atoms with Crippen molar-refractivity contribution < 1.29 is 9.59 Å². The van der Waals surface area contributed by atoms with Crippen molar-refractivity contribution in [2.24, 2.45) is 5.92 Å². The molecule has 1 aromatic heterocycles. The summed E-state index contributed by atoms with van der Waals surface area (Å²) in [5.74, 6) is -1.11. The summed E-state index contributed by atoms with van der Waals surface area (Å²) in [5, 5.41) is 8.86. The first kappa shape index (κ1) is 12.1. The van der Waals surface area contributed by atoms with Gasteiger partial charge < -0.3 is 4.79 Å². The highest BCUT2D eigenvalue weighted by atomic mass is 16.1. The fourth-order valence-electron chi connectivity index (χ4n) is 1.29. The van der Waals surface area contributed by atoms with Gasteiger partial charge in [-0.3, -0.25) is 9.78 Å². The normalized spacial score (nSPS) is 11.5. The lowest BCUT2D eigenvalue weighted by Crippen LogP contribution is -2.15. The fraction of sp³-hybridized carbons (Fsp3) is 0.333. The van der Waals surface area contributed by atoms with Crippen LogP contribution in [0.4, 0.5) is 0 Å². The number of nitrogens with zero attached hydrogens (tertiary/aromatic N) is 2. The van der Waals surface area contributed by atoms with Crippen LogP contribution >= 0.6 is 0 Å². The van der Waals surface area contributed by atoms with Crippen LogP contribution in [0.1, 0.15) is 30.3 Å². The molecule has 4 heteroatoms. The van der Waals surface area contributed by atoms with Gasteiger partial charge >= 0.3 is 0 Å². The van der Waals surface area contributed by atoms with Crippen LogP contribution in [0.2, 0.25) is 0 Å². The van der Waals surface area contributed by atoms with Crippen LogP contribution in [0.3, 0.4) is 0 Å². The van der Waals surface area contributed by atoms with Crippen LogP contribution in [0.15, 0.2) is 24.4 Å². The molecule has 0 aliphatic rings. The predicted octanol–water partition coefficient (Wildman–Crippen LogP) is 1.77. The van der Waals surface area contributed by atoms with E-state index in [1.54, 1.807) is 18.2 Å². The first-order valence-electron chi connectivity index (χ1n) is 4.99. The Balaban J connectivity index is 2.71. The van der Waals surface area contributed by atoms with Crippen LogP contribution in [0.25, 0.3) is 0 Å². The standard InChI is InChI=1S/C12H12N2O2/c1-9(15)5-6-10(8-13)12(16)11-4-2-3-7-14-11/h2-4,7,10H,5-6H2,1H3. The van der Waals surface area contributed by atoms with Crippen molar-refractivity contribution in [2.45, 2.75) is 19.8 Å². The molecule has 0 N–H and O–H groups in total. The topological polar surface area (TPSA) is 70.8 Å². The van der Waals surface area contributed by atoms with Crippen LogP contribution < -0.4 is 0 Å². The molecule has 0 radical (unpaired) electrons. The maximum Gasteiger partial charge on any atom is 0.198 e. The number of hydrogen-bond acceptors (Lipinski definition) is 4. The van der Waals surface area contributed by atoms with Gasteiger partial charge in [0, 0.05) is 12.6 Å². The lowest BCUT2D eigenvalue weighted by Gasteiger charge is -2.05. The molecule has 0 bridgehead atoms. The first-order chi connectivity index (χ1) is 7.65. The molecular formula is C12H12N2O2. The molecule has 1 aromatic rings. The molecular weight excluding hydrogens is 204 g/mol. The zero-order chi connectivity index (χ0) is 12.0. The molecule has 1 rings (SSSR count). The molecule has 0 saturated carbocycles. The summed E-state index contributed by atoms with van der Waals surface area (Å²) in [6.07, 6.45) is 2.02. The molecule has 0 aliphatic carbocycles. The van der Waals surface area contributed by atoms with Crippen molar-refractivity contribution in [3.05, 3.63) is 30.1 Å². The Morgan fingerprint density at radius 1 is 1.50 bits per heavy atom. The molecule has 4 nitrogen and oxygen atoms in total. The Kier molecular flexibility index (Phi) is 4.34. The van der Waals surface area contributed by atoms with E-state index in [1.165, 1.54) is 13.1 Å². The average molecular weight is 216 g/mol. The summed E-state index contributed by atoms with van der Waals surface area (Å²) < 4.78 is 0. The second-order valence-electron chi connectivity index (χ2n) is 3.50. The van der Waals surface area contributed by atoms with Crippen molar-refractivity contribution in [1.82, 2.24) is 4.98 Å². The molecule has 0 spiro atoms. The van der Waals surface area contributed by atoms with E-state index in [9.17, 15) is 9.59 Å². The molecule has 1 atom stereocenters. The van der Waals surface area contributed by atoms with Gasteiger partial charge in [0.25, 0.3) is 0 Å². The van der Waals surface area contributed by atoms with Gasteiger partial charge in [-0.15, -0.1) is 0 Å². The van der Waals surface area contributed by atoms with Gasteiger partial charge in [0.05, 0.1) is 6.07 Å². The van der Waals surface area contributed by atoms with Gasteiger partial charge in [0.1, 0.15) is 17.4 Å². The fourth-order valence-corrected chi connectivity index (χ4v) is 1.29. The van der Waals surface area contributed by atoms with Gasteiger partial charge in [0.15, 0.2) is 5.78 Å². The van der Waals surface area contributed by atoms with E-state index in [1.807, 2.05) is 6.07 Å². The maximum atomic E-state index is 11.8. The van der Waals surface area contributed by atoms with Gasteiger partial charge in [-0.2, -0.15) is 5.26 Å². The second kappa shape index (κ2) is 5.76. The van der Waals surface area contributed by atoms with Crippen molar-refractivity contribution in [2.75, 3.05) is 0 Å². The van der Waals surface area contributed by atoms with E-state index in [0.29, 0.717) is 0 Å². The van der Waals surface area contributed by atoms with E-state index < -0.39 is 5.92 Å². The van der Waals surface area contributed by atoms with E-state index in [4.69, 9.17) is 5.26 Å². The Morgan fingerprint density at radius 3 is 2.75 bits per heavy atom. The third-order valence-electron chi connectivity index (χ3n) is 2.17. The number of pyridine rings is 1. The average Bonchev–Trinajstić information content (AvgIpc) is 2.30. The quantitative estimate of drug-likeness (QED) is 0.703. The zero-order valence-electron chi connectivity index (χ0n) is 9.01. The van der Waals surface area contributed by atoms with Crippen LogP contribution in [-0.4, -0.2) is 16.6 Å². The molecule has 1 unspecified atom stereocenters. The van der Waals surface area contributed by atoms with Crippen LogP contribution in [0.5, 0.6) is 0 Å². The number of carbonyl (C=O) groups is 2. The first-order valence-corrected chi connectivity index (χ1v) is 4.99. The summed E-state index contributed by atoms with van der Waals surface area (Å²) in [7, 11) is 0. The lowest BCUT2D eigenvalue weighted by atomic mass is 9.96. The Morgan fingerprint density at radius 2 is 2.25 bits per heavy atom. The molecule has 0 aromatic carbocycles. The van der Waals surface area contributed by atoms with E-state index in [-0.39, 0.29) is 30.1 Å². The van der Waals surface area contributed by atoms with E-state index in [2.05, 4.69) is 4.98 Å². The highest BCUT2D eigenvalue weighted by molar-refractivity contribution is 5.97. The molecule has 0 saturated heterocycles. The zero-order valence-corrected chi connectivity index (χ0v) is 9.01. The highest BCUT2D eigenvalue weighted by Gasteiger charge is 2.20. The van der Waals surface area contributed by atoms with Gasteiger partial charge in [-0.25, -0.2) is 0 Å². The second-order valence-corrected chi connectivity index (χ2v) is 3.50. The van der Waals surface area contributed by atoms with Crippen molar-refractivity contribution >= 4 is 11.6 Å². The number of Topliss-reactive ketones (excluding diaryl/α,β-unsaturated/α-hetero) is 2. The van der Waals surface area contributed by atoms with Crippen molar-refractivity contribution in [3.63, 3.8) is 0 Å². The highest BCUT2D eigenvalue weighted by Crippen LogP contribution is 2.12. The molecule has 0 amide bonds. The number of carbonyl (C=O) groups excluding carboxylic acids is 2. The minimum atomic E-state index is -0.779. The van der Waals surface area contributed by atoms with Crippen molar-refractivity contribution in [3.8, 4) is 6.07 Å². The summed E-state index contributed by atoms with van der Waals surface area (Å²) >= 11 is 0. The van der Waals surface area contributed by atoms with Crippen molar-refractivity contribution in [1.29, 1.82) is 5.26 Å². The molecule has 0 aliphatic heterocycles. The van der Waals surface area contributed by atoms with E-state index >= 15 is 0 Å². The summed E-state index contributed by atoms with van der Waals surface area (Å²) in [4.78, 5) is 26.5. The summed E-state index contributed by atoms with van der Waals surface area (Å²) in [6, 6.07) is 6.88. The largest absolute Gasteiger partial charge is 0.300 e. The maximum absolute atomic E-state index is 11.8. The van der Waals surface area contributed by atoms with Gasteiger partial charge in [-0.05, 0) is 25.5 Å². The number of rotatable bonds is 5. The smallest absolute Gasteiger partial charge is 0.198 e. The Hall–Kier alpha value is -2.02. The lowest BCUT2D eigenvalue weighted by molar-refractivity contribution is -0.117. The van der Waals surface area contributed by atoms with Gasteiger partial charge in [-0.1, -0.05) is 6.07 Å². The van der Waals surface area contributed by atoms with Crippen LogP contribution in [-0.2, 0) is 4.79 Å². The number of hydrogen-bond donors (Lipinski definition) is 0. The van der Waals surface area contributed by atoms with E-state index in [0.717, 1.165) is 0 Å².